The minimum Gasteiger partial charge on any atom is -0.497 e. The second kappa shape index (κ2) is 7.50. The van der Waals surface area contributed by atoms with Gasteiger partial charge in [0.2, 0.25) is 0 Å². The summed E-state index contributed by atoms with van der Waals surface area (Å²) < 4.78 is 10.7. The predicted molar refractivity (Wildman–Crippen MR) is 81.3 cm³/mol. The third-order valence-electron chi connectivity index (χ3n) is 3.78. The molecule has 1 heterocycles. The highest BCUT2D eigenvalue weighted by Gasteiger charge is 2.14. The molecule has 0 bridgehead atoms. The van der Waals surface area contributed by atoms with E-state index in [0.29, 0.717) is 6.04 Å². The Balaban J connectivity index is 1.94. The number of nitrogens with zero attached hydrogens (tertiary/aromatic N) is 1. The van der Waals surface area contributed by atoms with Crippen LogP contribution in [0.5, 0.6) is 11.5 Å². The Kier molecular flexibility index (Phi) is 5.68. The van der Waals surface area contributed by atoms with Gasteiger partial charge in [0.05, 0.1) is 14.2 Å². The number of hydrazine groups is 1. The molecule has 0 unspecified atom stereocenters. The topological polar surface area (TPSA) is 33.7 Å². The number of ether oxygens (including phenoxy) is 2. The predicted octanol–water partition coefficient (Wildman–Crippen LogP) is 2.63. The molecule has 4 heteroatoms. The van der Waals surface area contributed by atoms with E-state index in [0.717, 1.165) is 31.0 Å². The van der Waals surface area contributed by atoms with Crippen LogP contribution in [0, 0.1) is 0 Å². The van der Waals surface area contributed by atoms with Gasteiger partial charge in [-0.15, -0.1) is 0 Å². The number of piperidine rings is 1. The van der Waals surface area contributed by atoms with Gasteiger partial charge in [-0.05, 0) is 37.8 Å². The Hall–Kier alpha value is -1.26. The van der Waals surface area contributed by atoms with Gasteiger partial charge < -0.3 is 9.47 Å². The first-order chi connectivity index (χ1) is 9.72. The minimum absolute atomic E-state index is 0.399. The van der Waals surface area contributed by atoms with Crippen molar-refractivity contribution in [3.63, 3.8) is 0 Å². The molecule has 4 nitrogen and oxygen atoms in total. The fourth-order valence-corrected chi connectivity index (χ4v) is 2.73. The van der Waals surface area contributed by atoms with Crippen LogP contribution in [0.1, 0.15) is 31.7 Å². The molecule has 0 aliphatic carbocycles. The second-order valence-electron chi connectivity index (χ2n) is 5.46. The molecule has 0 spiro atoms. The van der Waals surface area contributed by atoms with Gasteiger partial charge in [0, 0.05) is 25.2 Å². The van der Waals surface area contributed by atoms with Crippen molar-refractivity contribution >= 4 is 0 Å². The molecule has 1 atom stereocenters. The number of nitrogens with one attached hydrogen (secondary N) is 1. The van der Waals surface area contributed by atoms with E-state index in [9.17, 15) is 0 Å². The lowest BCUT2D eigenvalue weighted by atomic mass is 10.1. The van der Waals surface area contributed by atoms with Gasteiger partial charge in [-0.25, -0.2) is 5.01 Å². The maximum Gasteiger partial charge on any atom is 0.125 e. The highest BCUT2D eigenvalue weighted by molar-refractivity contribution is 5.41. The molecule has 112 valence electrons. The molecule has 1 N–H and O–H groups in total. The largest absolute Gasteiger partial charge is 0.497 e. The van der Waals surface area contributed by atoms with E-state index >= 15 is 0 Å². The molecule has 1 aliphatic heterocycles. The van der Waals surface area contributed by atoms with Crippen molar-refractivity contribution in [1.29, 1.82) is 0 Å². The van der Waals surface area contributed by atoms with Crippen LogP contribution in [0.3, 0.4) is 0 Å². The van der Waals surface area contributed by atoms with Crippen molar-refractivity contribution in [2.75, 3.05) is 27.3 Å². The number of rotatable bonds is 6. The van der Waals surface area contributed by atoms with Crippen LogP contribution in [0.15, 0.2) is 18.2 Å². The molecule has 1 aromatic carbocycles. The summed E-state index contributed by atoms with van der Waals surface area (Å²) in [4.78, 5) is 0. The average Bonchev–Trinajstić information content (AvgIpc) is 2.48. The van der Waals surface area contributed by atoms with Crippen molar-refractivity contribution in [1.82, 2.24) is 10.4 Å². The van der Waals surface area contributed by atoms with E-state index in [1.54, 1.807) is 14.2 Å². The average molecular weight is 278 g/mol. The maximum absolute atomic E-state index is 5.46. The summed E-state index contributed by atoms with van der Waals surface area (Å²) in [5.74, 6) is 1.74. The van der Waals surface area contributed by atoms with Crippen molar-refractivity contribution in [3.8, 4) is 11.5 Å². The summed E-state index contributed by atoms with van der Waals surface area (Å²) in [7, 11) is 3.38. The monoisotopic (exact) mass is 278 g/mol. The summed E-state index contributed by atoms with van der Waals surface area (Å²) in [5.41, 5.74) is 4.81. The molecule has 1 aromatic rings. The lowest BCUT2D eigenvalue weighted by molar-refractivity contribution is 0.132. The molecule has 2 rings (SSSR count). The molecular weight excluding hydrogens is 252 g/mol. The van der Waals surface area contributed by atoms with Gasteiger partial charge in [0.15, 0.2) is 0 Å². The molecule has 1 fully saturated rings. The van der Waals surface area contributed by atoms with E-state index in [1.165, 1.54) is 24.8 Å². The molecule has 20 heavy (non-hydrogen) atoms. The molecule has 1 saturated heterocycles. The molecule has 0 radical (unpaired) electrons. The van der Waals surface area contributed by atoms with Gasteiger partial charge in [0.25, 0.3) is 0 Å². The van der Waals surface area contributed by atoms with Crippen LogP contribution in [0.25, 0.3) is 0 Å². The Bertz CT molecular complexity index is 417. The van der Waals surface area contributed by atoms with Crippen molar-refractivity contribution in [3.05, 3.63) is 23.8 Å². The molecule has 1 aliphatic rings. The van der Waals surface area contributed by atoms with Crippen LogP contribution in [-0.2, 0) is 6.42 Å². The van der Waals surface area contributed by atoms with Crippen molar-refractivity contribution in [2.24, 2.45) is 0 Å². The SMILES string of the molecule is COc1ccc(C[C@H](C)NN2CCCCC2)c(OC)c1. The van der Waals surface area contributed by atoms with E-state index in [4.69, 9.17) is 9.47 Å². The van der Waals surface area contributed by atoms with Gasteiger partial charge in [0.1, 0.15) is 11.5 Å². The first kappa shape index (κ1) is 15.1. The summed E-state index contributed by atoms with van der Waals surface area (Å²) in [6.07, 6.45) is 4.90. The third kappa shape index (κ3) is 4.12. The highest BCUT2D eigenvalue weighted by atomic mass is 16.5. The van der Waals surface area contributed by atoms with E-state index in [2.05, 4.69) is 23.4 Å². The smallest absolute Gasteiger partial charge is 0.125 e. The van der Waals surface area contributed by atoms with E-state index < -0.39 is 0 Å². The van der Waals surface area contributed by atoms with Gasteiger partial charge in [-0.2, -0.15) is 0 Å². The number of hydrogen-bond donors (Lipinski definition) is 1. The Morgan fingerprint density at radius 1 is 1.15 bits per heavy atom. The molecule has 0 aromatic heterocycles. The van der Waals surface area contributed by atoms with Crippen molar-refractivity contribution < 1.29 is 9.47 Å². The van der Waals surface area contributed by atoms with E-state index in [1.807, 2.05) is 12.1 Å². The standard InChI is InChI=1S/C16H26N2O2/c1-13(17-18-9-5-4-6-10-18)11-14-7-8-15(19-2)12-16(14)20-3/h7-8,12-13,17H,4-6,9-11H2,1-3H3/t13-/m0/s1. The van der Waals surface area contributed by atoms with Crippen LogP contribution in [0.4, 0.5) is 0 Å². The third-order valence-corrected chi connectivity index (χ3v) is 3.78. The normalized spacial score (nSPS) is 17.8. The number of hydrogen-bond acceptors (Lipinski definition) is 4. The minimum atomic E-state index is 0.399. The fraction of sp³-hybridized carbons (Fsp3) is 0.625. The number of benzene rings is 1. The summed E-state index contributed by atoms with van der Waals surface area (Å²) in [6.45, 7) is 4.53. The zero-order valence-electron chi connectivity index (χ0n) is 12.8. The van der Waals surface area contributed by atoms with Crippen LogP contribution < -0.4 is 14.9 Å². The first-order valence-electron chi connectivity index (χ1n) is 7.45. The quantitative estimate of drug-likeness (QED) is 0.867. The van der Waals surface area contributed by atoms with Crippen LogP contribution >= 0.6 is 0 Å². The van der Waals surface area contributed by atoms with Gasteiger partial charge in [-0.1, -0.05) is 12.5 Å². The first-order valence-corrected chi connectivity index (χ1v) is 7.45. The second-order valence-corrected chi connectivity index (χ2v) is 5.46. The Morgan fingerprint density at radius 2 is 1.90 bits per heavy atom. The van der Waals surface area contributed by atoms with Crippen LogP contribution in [-0.4, -0.2) is 38.4 Å². The molecular formula is C16H26N2O2. The zero-order valence-corrected chi connectivity index (χ0v) is 12.8. The fourth-order valence-electron chi connectivity index (χ4n) is 2.73. The Labute approximate surface area is 122 Å². The molecule has 0 saturated carbocycles. The van der Waals surface area contributed by atoms with Gasteiger partial charge >= 0.3 is 0 Å². The van der Waals surface area contributed by atoms with E-state index in [-0.39, 0.29) is 0 Å². The van der Waals surface area contributed by atoms with Gasteiger partial charge in [-0.3, -0.25) is 5.43 Å². The molecule has 0 amide bonds. The summed E-state index contributed by atoms with van der Waals surface area (Å²) in [6, 6.07) is 6.43. The maximum atomic E-state index is 5.46. The zero-order chi connectivity index (χ0) is 14.4. The summed E-state index contributed by atoms with van der Waals surface area (Å²) in [5, 5.41) is 2.35. The number of methoxy groups -OCH3 is 2. The highest BCUT2D eigenvalue weighted by Crippen LogP contribution is 2.25. The Morgan fingerprint density at radius 3 is 2.55 bits per heavy atom. The van der Waals surface area contributed by atoms with Crippen molar-refractivity contribution in [2.45, 2.75) is 38.6 Å². The lowest BCUT2D eigenvalue weighted by Gasteiger charge is -2.30. The summed E-state index contributed by atoms with van der Waals surface area (Å²) >= 11 is 0. The van der Waals surface area contributed by atoms with Crippen LogP contribution in [0.2, 0.25) is 0 Å². The lowest BCUT2D eigenvalue weighted by Crippen LogP contribution is -2.46.